The number of thiophene rings is 1. The number of halogens is 4. The highest BCUT2D eigenvalue weighted by molar-refractivity contribution is 7.38. The third-order valence-electron chi connectivity index (χ3n) is 2.56. The van der Waals surface area contributed by atoms with Gasteiger partial charge in [0, 0.05) is 17.9 Å². The molecule has 0 radical (unpaired) electrons. The molecule has 0 saturated heterocycles. The Morgan fingerprint density at radius 1 is 1.17 bits per heavy atom. The molecule has 1 unspecified atom stereocenters. The van der Waals surface area contributed by atoms with E-state index >= 15 is 0 Å². The highest BCUT2D eigenvalue weighted by Gasteiger charge is 2.47. The summed E-state index contributed by atoms with van der Waals surface area (Å²) in [5, 5.41) is 0.726. The first-order chi connectivity index (χ1) is 7.89. The van der Waals surface area contributed by atoms with E-state index in [1.165, 1.54) is 0 Å². The van der Waals surface area contributed by atoms with Crippen molar-refractivity contribution in [3.05, 3.63) is 35.2 Å². The number of hydrogen-bond donors (Lipinski definition) is 0. The van der Waals surface area contributed by atoms with Crippen LogP contribution in [0.15, 0.2) is 30.3 Å². The number of hydrogen-bond acceptors (Lipinski definition) is 0. The van der Waals surface area contributed by atoms with Crippen molar-refractivity contribution in [2.24, 2.45) is 5.92 Å². The van der Waals surface area contributed by atoms with Crippen LogP contribution in [0.5, 0.6) is 0 Å². The molecule has 2 aromatic rings. The minimum Gasteiger partial charge on any atom is -1.00 e. The molecule has 0 fully saturated rings. The summed E-state index contributed by atoms with van der Waals surface area (Å²) in [5.74, 6) is 0.243. The van der Waals surface area contributed by atoms with Gasteiger partial charge in [-0.1, -0.05) is 26.0 Å². The molecule has 0 aliphatic carbocycles. The van der Waals surface area contributed by atoms with Gasteiger partial charge in [0.1, 0.15) is 0 Å². The van der Waals surface area contributed by atoms with Crippen LogP contribution in [0.25, 0.3) is 10.1 Å². The average Bonchev–Trinajstić information content (AvgIpc) is 2.53. The number of rotatable bonds is 2. The zero-order chi connectivity index (χ0) is 12.6. The topological polar surface area (TPSA) is 0 Å². The van der Waals surface area contributed by atoms with Gasteiger partial charge >= 0.3 is 5.51 Å². The monoisotopic (exact) mass is 338 g/mol. The van der Waals surface area contributed by atoms with Crippen molar-refractivity contribution in [1.82, 2.24) is 0 Å². The molecule has 1 aromatic heterocycles. The molecule has 0 bridgehead atoms. The van der Waals surface area contributed by atoms with E-state index in [-0.39, 0.29) is 22.9 Å². The van der Waals surface area contributed by atoms with Crippen LogP contribution >= 0.6 is 10.5 Å². The Hall–Kier alpha value is -0.550. The lowest BCUT2D eigenvalue weighted by Gasteiger charge is -2.02. The van der Waals surface area contributed by atoms with Gasteiger partial charge in [-0.05, 0) is 18.1 Å². The molecule has 0 spiro atoms. The fraction of sp³-hybridized carbons (Fsp3) is 0.385. The third kappa shape index (κ3) is 3.06. The SMILES string of the molecule is CC(C)Cc1cc2ccccc2[s+]1C(F)(F)F.[Br-]. The van der Waals surface area contributed by atoms with Gasteiger partial charge in [-0.3, -0.25) is 0 Å². The van der Waals surface area contributed by atoms with Gasteiger partial charge in [0.15, 0.2) is 9.58 Å². The summed E-state index contributed by atoms with van der Waals surface area (Å²) in [5.41, 5.74) is -4.16. The molecule has 0 nitrogen and oxygen atoms in total. The Bertz CT molecular complexity index is 529. The molecule has 0 amide bonds. The molecule has 18 heavy (non-hydrogen) atoms. The van der Waals surface area contributed by atoms with Gasteiger partial charge in [-0.25, -0.2) is 0 Å². The molecule has 1 aromatic carbocycles. The molecule has 5 heteroatoms. The maximum absolute atomic E-state index is 13.1. The second-order valence-electron chi connectivity index (χ2n) is 4.50. The Labute approximate surface area is 118 Å². The highest BCUT2D eigenvalue weighted by Crippen LogP contribution is 2.51. The summed E-state index contributed by atoms with van der Waals surface area (Å²) in [7, 11) is -1.72. The lowest BCUT2D eigenvalue weighted by atomic mass is 10.1. The zero-order valence-corrected chi connectivity index (χ0v) is 12.5. The number of fused-ring (bicyclic) bond motifs is 1. The van der Waals surface area contributed by atoms with Crippen molar-refractivity contribution in [2.75, 3.05) is 0 Å². The molecule has 0 aliphatic heterocycles. The van der Waals surface area contributed by atoms with E-state index in [1.807, 2.05) is 13.8 Å². The van der Waals surface area contributed by atoms with Gasteiger partial charge in [0.25, 0.3) is 0 Å². The molecule has 0 saturated carbocycles. The Morgan fingerprint density at radius 3 is 2.33 bits per heavy atom. The van der Waals surface area contributed by atoms with Gasteiger partial charge in [0.05, 0.1) is 10.5 Å². The van der Waals surface area contributed by atoms with Crippen LogP contribution in [0.1, 0.15) is 18.7 Å². The van der Waals surface area contributed by atoms with E-state index < -0.39 is 16.0 Å². The lowest BCUT2D eigenvalue weighted by molar-refractivity contribution is -0.0867. The number of alkyl halides is 3. The maximum Gasteiger partial charge on any atom is 0.600 e. The Balaban J connectivity index is 0.00000162. The maximum atomic E-state index is 13.1. The summed E-state index contributed by atoms with van der Waals surface area (Å²) in [6.07, 6.45) is 0.511. The molecule has 1 heterocycles. The summed E-state index contributed by atoms with van der Waals surface area (Å²) in [6.45, 7) is 3.89. The van der Waals surface area contributed by atoms with Gasteiger partial charge in [-0.15, -0.1) is 13.2 Å². The van der Waals surface area contributed by atoms with Crippen molar-refractivity contribution < 1.29 is 30.2 Å². The Kier molecular flexibility index (Phi) is 4.84. The highest BCUT2D eigenvalue weighted by atomic mass is 79.9. The van der Waals surface area contributed by atoms with Gasteiger partial charge in [-0.2, -0.15) is 0 Å². The quantitative estimate of drug-likeness (QED) is 0.737. The predicted octanol–water partition coefficient (Wildman–Crippen LogP) is 2.27. The minimum absolute atomic E-state index is 0. The van der Waals surface area contributed by atoms with Crippen molar-refractivity contribution in [2.45, 2.75) is 25.8 Å². The van der Waals surface area contributed by atoms with E-state index in [2.05, 4.69) is 0 Å². The molecular weight excluding hydrogens is 325 g/mol. The van der Waals surface area contributed by atoms with E-state index in [0.29, 0.717) is 16.0 Å². The zero-order valence-electron chi connectivity index (χ0n) is 10.1. The first-order valence-electron chi connectivity index (χ1n) is 5.50. The number of benzene rings is 1. The second-order valence-corrected chi connectivity index (χ2v) is 6.54. The fourth-order valence-corrected chi connectivity index (χ4v) is 4.13. The summed E-state index contributed by atoms with van der Waals surface area (Å²) >= 11 is 0. The smallest absolute Gasteiger partial charge is 0.600 e. The second kappa shape index (κ2) is 5.61. The molecule has 0 aliphatic rings. The molecule has 1 atom stereocenters. The summed E-state index contributed by atoms with van der Waals surface area (Å²) in [6, 6.07) is 8.53. The first kappa shape index (κ1) is 15.5. The van der Waals surface area contributed by atoms with E-state index in [4.69, 9.17) is 0 Å². The van der Waals surface area contributed by atoms with Crippen LogP contribution in [0.2, 0.25) is 0 Å². The predicted molar refractivity (Wildman–Crippen MR) is 66.3 cm³/mol. The van der Waals surface area contributed by atoms with Gasteiger partial charge in [0.2, 0.25) is 0 Å². The van der Waals surface area contributed by atoms with E-state index in [1.54, 1.807) is 30.3 Å². The molecule has 100 valence electrons. The average molecular weight is 339 g/mol. The van der Waals surface area contributed by atoms with Crippen molar-refractivity contribution >= 4 is 20.6 Å². The summed E-state index contributed by atoms with van der Waals surface area (Å²) in [4.78, 5) is 0.522. The van der Waals surface area contributed by atoms with Gasteiger partial charge < -0.3 is 17.0 Å². The van der Waals surface area contributed by atoms with Crippen LogP contribution < -0.4 is 17.0 Å². The molecule has 0 N–H and O–H groups in total. The van der Waals surface area contributed by atoms with Crippen LogP contribution in [0.4, 0.5) is 13.2 Å². The minimum atomic E-state index is -4.16. The van der Waals surface area contributed by atoms with Crippen molar-refractivity contribution in [3.8, 4) is 0 Å². The largest absolute Gasteiger partial charge is 1.00 e. The van der Waals surface area contributed by atoms with Crippen LogP contribution in [-0.2, 0) is 11.9 Å². The van der Waals surface area contributed by atoms with Crippen LogP contribution in [0, 0.1) is 5.92 Å². The fourth-order valence-electron chi connectivity index (χ4n) is 1.98. The lowest BCUT2D eigenvalue weighted by Crippen LogP contribution is -3.00. The normalized spacial score (nSPS) is 12.9. The van der Waals surface area contributed by atoms with E-state index in [0.717, 1.165) is 5.39 Å². The third-order valence-corrected chi connectivity index (χ3v) is 4.64. The van der Waals surface area contributed by atoms with Crippen molar-refractivity contribution in [1.29, 1.82) is 0 Å². The standard InChI is InChI=1S/C13H14F3S.BrH/c1-9(2)7-11-8-10-5-3-4-6-12(10)17(11)13(14,15)16;/h3-6,8-9H,7H2,1-2H3;1H/q+1;/p-1. The first-order valence-corrected chi connectivity index (χ1v) is 6.73. The van der Waals surface area contributed by atoms with Crippen LogP contribution in [-0.4, -0.2) is 0 Å². The van der Waals surface area contributed by atoms with E-state index in [9.17, 15) is 13.2 Å². The Morgan fingerprint density at radius 2 is 1.78 bits per heavy atom. The van der Waals surface area contributed by atoms with Crippen LogP contribution in [0.3, 0.4) is 0 Å². The molecular formula is C13H14BrF3S. The summed E-state index contributed by atoms with van der Waals surface area (Å²) < 4.78 is 39.8. The molecule has 2 rings (SSSR count). The van der Waals surface area contributed by atoms with Crippen molar-refractivity contribution in [3.63, 3.8) is 0 Å².